The van der Waals surface area contributed by atoms with Crippen LogP contribution in [0.3, 0.4) is 0 Å². The van der Waals surface area contributed by atoms with Crippen molar-refractivity contribution < 1.29 is 28.7 Å². The van der Waals surface area contributed by atoms with E-state index in [1.165, 1.54) is 71.1 Å². The zero-order valence-electron chi connectivity index (χ0n) is 30.8. The van der Waals surface area contributed by atoms with Crippen LogP contribution in [0.4, 0.5) is 0 Å². The molecule has 49 heavy (non-hydrogen) atoms. The van der Waals surface area contributed by atoms with E-state index >= 15 is 0 Å². The number of H-pyrrole nitrogens is 1. The number of nitrogens with two attached hydrogens (primary N) is 1. The Balaban J connectivity index is 1.81. The number of nitrogens with one attached hydrogen (secondary N) is 3. The first-order valence-electron chi connectivity index (χ1n) is 18.8. The van der Waals surface area contributed by atoms with Crippen molar-refractivity contribution in [1.29, 1.82) is 0 Å². The molecule has 1 aromatic rings. The number of hydrogen-bond donors (Lipinski definition) is 4. The second kappa shape index (κ2) is 29.2. The number of aromatic amines is 1. The normalized spacial score (nSPS) is 12.2. The van der Waals surface area contributed by atoms with Crippen molar-refractivity contribution in [3.05, 3.63) is 5.82 Å². The molecule has 1 aromatic heterocycles. The van der Waals surface area contributed by atoms with Gasteiger partial charge in [0, 0.05) is 32.4 Å². The van der Waals surface area contributed by atoms with Crippen LogP contribution >= 0.6 is 0 Å². The average molecular weight is 694 g/mol. The number of unbranched alkanes of at least 4 members (excludes halogenated alkanes) is 13. The Hall–Kier alpha value is -2.61. The maximum Gasteiger partial charge on any atom is 0.245 e. The molecule has 0 fully saturated rings. The van der Waals surface area contributed by atoms with Gasteiger partial charge in [-0.3, -0.25) is 19.2 Å². The first kappa shape index (κ1) is 44.4. The van der Waals surface area contributed by atoms with Gasteiger partial charge in [-0.1, -0.05) is 75.8 Å². The number of hydrogen-bond acceptors (Lipinski definition) is 11. The summed E-state index contributed by atoms with van der Waals surface area (Å²) in [6, 6.07) is -0.406. The molecule has 282 valence electrons. The number of carbonyl (C=O) groups excluding carboxylic acids is 4. The van der Waals surface area contributed by atoms with Crippen LogP contribution < -0.4 is 16.4 Å². The van der Waals surface area contributed by atoms with Crippen molar-refractivity contribution >= 4 is 23.3 Å². The first-order valence-corrected chi connectivity index (χ1v) is 18.8. The summed E-state index contributed by atoms with van der Waals surface area (Å²) in [7, 11) is 0. The third-order valence-corrected chi connectivity index (χ3v) is 8.55. The van der Waals surface area contributed by atoms with Gasteiger partial charge in [0.15, 0.2) is 11.6 Å². The third kappa shape index (κ3) is 26.9. The fourth-order valence-electron chi connectivity index (χ4n) is 5.36. The molecule has 0 aliphatic rings. The molecule has 0 radical (unpaired) electrons. The topological polar surface area (TPSA) is 191 Å². The maximum atomic E-state index is 12.1. The standard InChI is InChI=1S/C36H67N7O6/c1-30(44)32(39-28-33(46)36(2,3)37)22-17-18-24-38-35(47)29-49-27-26-48-25-19-21-31(45)20-15-13-11-9-7-5-4-6-8-10-12-14-16-23-34-40-42-43-41-34/h32,39H,4-29,37H2,1-3H3,(H,38,47)(H,40,41,42,43)/t32-/m0/s1. The van der Waals surface area contributed by atoms with E-state index in [4.69, 9.17) is 15.2 Å². The number of aryl methyl sites for hydroxylation is 1. The van der Waals surface area contributed by atoms with Crippen LogP contribution in [-0.4, -0.2) is 95.0 Å². The van der Waals surface area contributed by atoms with Crippen LogP contribution in [0, 0.1) is 0 Å². The lowest BCUT2D eigenvalue weighted by Gasteiger charge is -2.20. The lowest BCUT2D eigenvalue weighted by Crippen LogP contribution is -2.49. The molecule has 0 aliphatic carbocycles. The lowest BCUT2D eigenvalue weighted by atomic mass is 9.99. The highest BCUT2D eigenvalue weighted by atomic mass is 16.5. The number of aromatic nitrogens is 4. The Morgan fingerprint density at radius 1 is 0.776 bits per heavy atom. The van der Waals surface area contributed by atoms with E-state index in [0.717, 1.165) is 37.9 Å². The Morgan fingerprint density at radius 3 is 1.96 bits per heavy atom. The van der Waals surface area contributed by atoms with Gasteiger partial charge in [0.25, 0.3) is 0 Å². The van der Waals surface area contributed by atoms with Crippen molar-refractivity contribution in [3.8, 4) is 0 Å². The number of amides is 1. The third-order valence-electron chi connectivity index (χ3n) is 8.55. The SMILES string of the molecule is CC(=O)[C@H](CCCCNC(=O)COCCOCCCC(=O)CCCCCCCCCCCCCCCc1nn[nH]n1)NCC(=O)C(C)(C)N. The number of Topliss-reactive ketones (excluding diaryl/α,β-unsaturated/α-hetero) is 3. The molecule has 0 bridgehead atoms. The fourth-order valence-corrected chi connectivity index (χ4v) is 5.36. The minimum absolute atomic E-state index is 0.0278. The molecule has 1 rings (SSSR count). The van der Waals surface area contributed by atoms with Gasteiger partial charge in [0.05, 0.1) is 31.3 Å². The van der Waals surface area contributed by atoms with Crippen molar-refractivity contribution in [1.82, 2.24) is 31.3 Å². The molecule has 1 atom stereocenters. The summed E-state index contributed by atoms with van der Waals surface area (Å²) >= 11 is 0. The van der Waals surface area contributed by atoms with E-state index in [1.54, 1.807) is 13.8 Å². The van der Waals surface area contributed by atoms with E-state index in [2.05, 4.69) is 31.3 Å². The minimum Gasteiger partial charge on any atom is -0.379 e. The second-order valence-corrected chi connectivity index (χ2v) is 13.8. The van der Waals surface area contributed by atoms with Crippen LogP contribution in [0.15, 0.2) is 0 Å². The van der Waals surface area contributed by atoms with Crippen LogP contribution in [0.25, 0.3) is 0 Å². The zero-order chi connectivity index (χ0) is 36.0. The van der Waals surface area contributed by atoms with Gasteiger partial charge in [-0.25, -0.2) is 0 Å². The molecule has 0 saturated carbocycles. The van der Waals surface area contributed by atoms with Gasteiger partial charge < -0.3 is 25.8 Å². The van der Waals surface area contributed by atoms with E-state index < -0.39 is 11.6 Å². The number of rotatable bonds is 35. The largest absolute Gasteiger partial charge is 0.379 e. The predicted octanol–water partition coefficient (Wildman–Crippen LogP) is 4.73. The van der Waals surface area contributed by atoms with Gasteiger partial charge in [0.2, 0.25) is 5.91 Å². The van der Waals surface area contributed by atoms with Crippen molar-refractivity contribution in [2.24, 2.45) is 5.73 Å². The Morgan fingerprint density at radius 2 is 1.37 bits per heavy atom. The second-order valence-electron chi connectivity index (χ2n) is 13.8. The van der Waals surface area contributed by atoms with Crippen LogP contribution in [0.5, 0.6) is 0 Å². The molecular formula is C36H67N7O6. The number of carbonyl (C=O) groups is 4. The van der Waals surface area contributed by atoms with Gasteiger partial charge in [-0.05, 0) is 59.3 Å². The summed E-state index contributed by atoms with van der Waals surface area (Å²) in [5.74, 6) is 0.750. The van der Waals surface area contributed by atoms with Crippen LogP contribution in [0.1, 0.15) is 149 Å². The number of tetrazole rings is 1. The highest BCUT2D eigenvalue weighted by Crippen LogP contribution is 2.14. The summed E-state index contributed by atoms with van der Waals surface area (Å²) in [5, 5.41) is 19.8. The van der Waals surface area contributed by atoms with E-state index in [9.17, 15) is 19.2 Å². The molecule has 13 nitrogen and oxygen atoms in total. The zero-order valence-corrected chi connectivity index (χ0v) is 30.8. The summed E-state index contributed by atoms with van der Waals surface area (Å²) in [4.78, 5) is 47.9. The fraction of sp³-hybridized carbons (Fsp3) is 0.861. The Labute approximate surface area is 294 Å². The monoisotopic (exact) mass is 694 g/mol. The van der Waals surface area contributed by atoms with Crippen molar-refractivity contribution in [3.63, 3.8) is 0 Å². The highest BCUT2D eigenvalue weighted by molar-refractivity contribution is 5.90. The molecule has 1 amide bonds. The lowest BCUT2D eigenvalue weighted by molar-refractivity contribution is -0.126. The molecule has 0 saturated heterocycles. The van der Waals surface area contributed by atoms with Gasteiger partial charge in [-0.2, -0.15) is 5.21 Å². The number of ketones is 3. The van der Waals surface area contributed by atoms with E-state index in [1.807, 2.05) is 0 Å². The van der Waals surface area contributed by atoms with Gasteiger partial charge >= 0.3 is 0 Å². The molecule has 0 aromatic carbocycles. The highest BCUT2D eigenvalue weighted by Gasteiger charge is 2.23. The maximum absolute atomic E-state index is 12.1. The van der Waals surface area contributed by atoms with Crippen molar-refractivity contribution in [2.75, 3.05) is 39.5 Å². The number of nitrogens with zero attached hydrogens (tertiary/aromatic N) is 3. The summed E-state index contributed by atoms with van der Waals surface area (Å²) < 4.78 is 10.9. The summed E-state index contributed by atoms with van der Waals surface area (Å²) in [5.41, 5.74) is 4.86. The van der Waals surface area contributed by atoms with Gasteiger partial charge in [0.1, 0.15) is 18.2 Å². The Kier molecular flexibility index (Phi) is 26.4. The Bertz CT molecular complexity index is 1000. The van der Waals surface area contributed by atoms with Crippen LogP contribution in [0.2, 0.25) is 0 Å². The predicted molar refractivity (Wildman–Crippen MR) is 191 cm³/mol. The van der Waals surface area contributed by atoms with Crippen LogP contribution in [-0.2, 0) is 35.1 Å². The van der Waals surface area contributed by atoms with E-state index in [-0.39, 0.29) is 30.6 Å². The number of ether oxygens (including phenoxy) is 2. The molecular weight excluding hydrogens is 626 g/mol. The first-order chi connectivity index (χ1) is 23.6. The smallest absolute Gasteiger partial charge is 0.245 e. The molecule has 0 aliphatic heterocycles. The quantitative estimate of drug-likeness (QED) is 0.0719. The minimum atomic E-state index is -0.937. The molecule has 0 spiro atoms. The van der Waals surface area contributed by atoms with Gasteiger partial charge in [-0.15, -0.1) is 10.2 Å². The average Bonchev–Trinajstić information content (AvgIpc) is 3.58. The summed E-state index contributed by atoms with van der Waals surface area (Å²) in [6.07, 6.45) is 21.0. The summed E-state index contributed by atoms with van der Waals surface area (Å²) in [6.45, 7) is 6.49. The molecule has 5 N–H and O–H groups in total. The molecule has 1 heterocycles. The molecule has 13 heteroatoms. The van der Waals surface area contributed by atoms with Crippen molar-refractivity contribution in [2.45, 2.75) is 161 Å². The van der Waals surface area contributed by atoms with E-state index in [0.29, 0.717) is 64.3 Å². The molecule has 0 unspecified atom stereocenters.